The predicted octanol–water partition coefficient (Wildman–Crippen LogP) is -0.107. The Kier molecular flexibility index (Phi) is 6.08. The Morgan fingerprint density at radius 1 is 1.38 bits per heavy atom. The number of rotatable bonds is 7. The molecule has 1 aromatic rings. The van der Waals surface area contributed by atoms with Crippen LogP contribution in [-0.4, -0.2) is 31.3 Å². The minimum absolute atomic E-state index is 0.264. The molecule has 90 valence electrons. The molecule has 3 nitrogen and oxygen atoms in total. The van der Waals surface area contributed by atoms with E-state index in [9.17, 15) is 5.11 Å². The van der Waals surface area contributed by atoms with Gasteiger partial charge < -0.3 is 15.7 Å². The second kappa shape index (κ2) is 7.39. The number of aliphatic hydroxyl groups excluding tert-OH is 1. The highest BCUT2D eigenvalue weighted by atomic mass is 16.3. The number of benzene rings is 1. The fraction of sp³-hybridized carbons (Fsp3) is 0.538. The number of likely N-dealkylation sites (N-methyl/N-ethyl adjacent to an activating group) is 1. The number of aliphatic hydroxyl groups is 1. The summed E-state index contributed by atoms with van der Waals surface area (Å²) >= 11 is 0. The molecule has 0 saturated heterocycles. The summed E-state index contributed by atoms with van der Waals surface area (Å²) in [4.78, 5) is 0. The van der Waals surface area contributed by atoms with Gasteiger partial charge in [-0.05, 0) is 19.0 Å². The molecule has 4 N–H and O–H groups in total. The van der Waals surface area contributed by atoms with Crippen LogP contribution in [0.15, 0.2) is 24.3 Å². The fourth-order valence-corrected chi connectivity index (χ4v) is 1.74. The van der Waals surface area contributed by atoms with Crippen molar-refractivity contribution in [3.8, 4) is 0 Å². The smallest absolute Gasteiger partial charge is 0.115 e. The van der Waals surface area contributed by atoms with Gasteiger partial charge in [0.1, 0.15) is 19.2 Å². The lowest BCUT2D eigenvalue weighted by Crippen LogP contribution is -2.85. The molecular weight excluding hydrogens is 200 g/mol. The van der Waals surface area contributed by atoms with Crippen molar-refractivity contribution in [3.63, 3.8) is 0 Å². The molecule has 0 aliphatic rings. The molecule has 0 aliphatic carbocycles. The molecule has 0 aromatic heterocycles. The Bertz CT molecular complexity index is 302. The largest absolute Gasteiger partial charge is 0.386 e. The zero-order chi connectivity index (χ0) is 11.8. The van der Waals surface area contributed by atoms with Gasteiger partial charge in [0.05, 0.1) is 0 Å². The summed E-state index contributed by atoms with van der Waals surface area (Å²) in [6, 6.07) is 8.63. The average Bonchev–Trinajstić information content (AvgIpc) is 2.30. The SMILES string of the molecule is CCc1cccc(C[NH2+]CC(O)CNC)c1. The molecule has 0 spiro atoms. The summed E-state index contributed by atoms with van der Waals surface area (Å²) in [6.07, 6.45) is 0.815. The van der Waals surface area contributed by atoms with Crippen molar-refractivity contribution in [2.24, 2.45) is 0 Å². The predicted molar refractivity (Wildman–Crippen MR) is 66.2 cm³/mol. The van der Waals surface area contributed by atoms with Crippen molar-refractivity contribution in [1.82, 2.24) is 5.32 Å². The summed E-state index contributed by atoms with van der Waals surface area (Å²) in [5, 5.41) is 14.6. The lowest BCUT2D eigenvalue weighted by atomic mass is 10.1. The minimum atomic E-state index is -0.264. The summed E-state index contributed by atoms with van der Waals surface area (Å²) in [6.45, 7) is 4.51. The van der Waals surface area contributed by atoms with Gasteiger partial charge in [0.2, 0.25) is 0 Å². The average molecular weight is 223 g/mol. The van der Waals surface area contributed by atoms with E-state index in [0.717, 1.165) is 19.5 Å². The van der Waals surface area contributed by atoms with Gasteiger partial charge in [-0.25, -0.2) is 0 Å². The van der Waals surface area contributed by atoms with Crippen LogP contribution in [0.2, 0.25) is 0 Å². The second-order valence-electron chi connectivity index (χ2n) is 4.11. The Balaban J connectivity index is 2.31. The van der Waals surface area contributed by atoms with Crippen molar-refractivity contribution in [2.45, 2.75) is 26.0 Å². The molecule has 0 saturated carbocycles. The molecule has 1 unspecified atom stereocenters. The number of hydrogen-bond acceptors (Lipinski definition) is 2. The van der Waals surface area contributed by atoms with Crippen molar-refractivity contribution in [1.29, 1.82) is 0 Å². The van der Waals surface area contributed by atoms with E-state index in [4.69, 9.17) is 0 Å². The van der Waals surface area contributed by atoms with Gasteiger partial charge in [0.25, 0.3) is 0 Å². The highest BCUT2D eigenvalue weighted by molar-refractivity contribution is 5.22. The second-order valence-corrected chi connectivity index (χ2v) is 4.11. The Morgan fingerprint density at radius 2 is 2.12 bits per heavy atom. The van der Waals surface area contributed by atoms with Crippen LogP contribution >= 0.6 is 0 Å². The zero-order valence-corrected chi connectivity index (χ0v) is 10.2. The van der Waals surface area contributed by atoms with E-state index in [0.29, 0.717) is 6.54 Å². The first-order valence-corrected chi connectivity index (χ1v) is 5.98. The van der Waals surface area contributed by atoms with Gasteiger partial charge in [-0.1, -0.05) is 31.2 Å². The number of nitrogens with two attached hydrogens (primary N) is 1. The topological polar surface area (TPSA) is 48.9 Å². The Labute approximate surface area is 97.9 Å². The lowest BCUT2D eigenvalue weighted by Gasteiger charge is -2.09. The fourth-order valence-electron chi connectivity index (χ4n) is 1.74. The van der Waals surface area contributed by atoms with E-state index in [1.54, 1.807) is 0 Å². The van der Waals surface area contributed by atoms with E-state index in [-0.39, 0.29) is 6.10 Å². The van der Waals surface area contributed by atoms with Gasteiger partial charge in [0, 0.05) is 12.1 Å². The molecule has 0 heterocycles. The molecule has 0 bridgehead atoms. The third-order valence-corrected chi connectivity index (χ3v) is 2.66. The van der Waals surface area contributed by atoms with E-state index in [1.807, 2.05) is 7.05 Å². The first-order chi connectivity index (χ1) is 7.76. The molecule has 0 fully saturated rings. The van der Waals surface area contributed by atoms with Crippen LogP contribution < -0.4 is 10.6 Å². The highest BCUT2D eigenvalue weighted by Gasteiger charge is 2.04. The van der Waals surface area contributed by atoms with Crippen molar-refractivity contribution in [2.75, 3.05) is 20.1 Å². The van der Waals surface area contributed by atoms with Crippen LogP contribution in [0.1, 0.15) is 18.1 Å². The summed E-state index contributed by atoms with van der Waals surface area (Å²) in [7, 11) is 1.86. The molecule has 0 radical (unpaired) electrons. The summed E-state index contributed by atoms with van der Waals surface area (Å²) < 4.78 is 0. The van der Waals surface area contributed by atoms with E-state index >= 15 is 0 Å². The van der Waals surface area contributed by atoms with Crippen LogP contribution in [0.5, 0.6) is 0 Å². The van der Waals surface area contributed by atoms with Crippen LogP contribution in [0, 0.1) is 0 Å². The van der Waals surface area contributed by atoms with Crippen LogP contribution in [0.3, 0.4) is 0 Å². The molecule has 0 amide bonds. The Morgan fingerprint density at radius 3 is 2.81 bits per heavy atom. The van der Waals surface area contributed by atoms with Gasteiger partial charge >= 0.3 is 0 Å². The molecule has 1 rings (SSSR count). The normalized spacial score (nSPS) is 12.7. The first-order valence-electron chi connectivity index (χ1n) is 5.98. The first kappa shape index (κ1) is 13.2. The lowest BCUT2D eigenvalue weighted by molar-refractivity contribution is -0.676. The number of quaternary nitrogens is 1. The van der Waals surface area contributed by atoms with Crippen molar-refractivity contribution >= 4 is 0 Å². The molecule has 3 heteroatoms. The maximum absolute atomic E-state index is 9.53. The summed E-state index contributed by atoms with van der Waals surface area (Å²) in [5.74, 6) is 0. The van der Waals surface area contributed by atoms with Gasteiger partial charge in [0.15, 0.2) is 0 Å². The quantitative estimate of drug-likeness (QED) is 0.604. The van der Waals surface area contributed by atoms with E-state index in [2.05, 4.69) is 41.8 Å². The molecule has 1 aromatic carbocycles. The van der Waals surface area contributed by atoms with Gasteiger partial charge in [-0.15, -0.1) is 0 Å². The zero-order valence-electron chi connectivity index (χ0n) is 10.2. The van der Waals surface area contributed by atoms with Crippen molar-refractivity contribution in [3.05, 3.63) is 35.4 Å². The monoisotopic (exact) mass is 223 g/mol. The van der Waals surface area contributed by atoms with Crippen LogP contribution in [0.25, 0.3) is 0 Å². The maximum atomic E-state index is 9.53. The van der Waals surface area contributed by atoms with Crippen LogP contribution in [0.4, 0.5) is 0 Å². The molecule has 0 aliphatic heterocycles. The molecule has 1 atom stereocenters. The van der Waals surface area contributed by atoms with Crippen molar-refractivity contribution < 1.29 is 10.4 Å². The third kappa shape index (κ3) is 4.75. The highest BCUT2D eigenvalue weighted by Crippen LogP contribution is 2.04. The minimum Gasteiger partial charge on any atom is -0.386 e. The van der Waals surface area contributed by atoms with Gasteiger partial charge in [-0.2, -0.15) is 0 Å². The van der Waals surface area contributed by atoms with Crippen LogP contribution in [-0.2, 0) is 13.0 Å². The number of hydrogen-bond donors (Lipinski definition) is 3. The third-order valence-electron chi connectivity index (χ3n) is 2.66. The molecular formula is C13H23N2O+. The van der Waals surface area contributed by atoms with Gasteiger partial charge in [-0.3, -0.25) is 0 Å². The van der Waals surface area contributed by atoms with E-state index in [1.165, 1.54) is 11.1 Å². The molecule has 16 heavy (non-hydrogen) atoms. The maximum Gasteiger partial charge on any atom is 0.115 e. The van der Waals surface area contributed by atoms with E-state index < -0.39 is 0 Å². The Hall–Kier alpha value is -0.900. The standard InChI is InChI=1S/C13H22N2O/c1-3-11-5-4-6-12(7-11)8-15-10-13(16)9-14-2/h4-7,13-16H,3,8-10H2,1-2H3/p+1. The number of aryl methyl sites for hydroxylation is 1. The summed E-state index contributed by atoms with van der Waals surface area (Å²) in [5.41, 5.74) is 2.71. The number of nitrogens with one attached hydrogen (secondary N) is 1.